The molecule has 2 rings (SSSR count). The summed E-state index contributed by atoms with van der Waals surface area (Å²) in [6.07, 6.45) is 1.76. The number of rotatable bonds is 8. The van der Waals surface area contributed by atoms with Gasteiger partial charge in [0.05, 0.1) is 6.54 Å². The van der Waals surface area contributed by atoms with Crippen molar-refractivity contribution in [1.29, 1.82) is 0 Å². The van der Waals surface area contributed by atoms with Crippen molar-refractivity contribution in [2.24, 2.45) is 0 Å². The predicted molar refractivity (Wildman–Crippen MR) is 84.4 cm³/mol. The van der Waals surface area contributed by atoms with Crippen molar-refractivity contribution in [3.63, 3.8) is 0 Å². The second-order valence-electron chi connectivity index (χ2n) is 5.14. The molecule has 110 valence electrons. The third kappa shape index (κ3) is 5.79. The van der Waals surface area contributed by atoms with Gasteiger partial charge in [-0.3, -0.25) is 9.69 Å². The molecule has 1 N–H and O–H groups in total. The molecule has 0 atom stereocenters. The Morgan fingerprint density at radius 3 is 1.62 bits per heavy atom. The van der Waals surface area contributed by atoms with Crippen molar-refractivity contribution in [2.75, 3.05) is 19.6 Å². The molecule has 0 unspecified atom stereocenters. The van der Waals surface area contributed by atoms with Crippen LogP contribution in [0.2, 0.25) is 0 Å². The van der Waals surface area contributed by atoms with Crippen molar-refractivity contribution in [3.05, 3.63) is 71.8 Å². The smallest absolute Gasteiger partial charge is 0.317 e. The summed E-state index contributed by atoms with van der Waals surface area (Å²) in [7, 11) is 0. The lowest BCUT2D eigenvalue weighted by Gasteiger charge is -2.20. The molecule has 21 heavy (non-hydrogen) atoms. The van der Waals surface area contributed by atoms with Crippen LogP contribution in [0, 0.1) is 0 Å². The standard InChI is InChI=1S/C18H21NO2/c20-18(21)15-19(13-11-16-7-3-1-4-8-16)14-12-17-9-5-2-6-10-17/h1-10H,11-15H2,(H,20,21). The van der Waals surface area contributed by atoms with Crippen LogP contribution in [-0.2, 0) is 17.6 Å². The lowest BCUT2D eigenvalue weighted by atomic mass is 10.1. The molecule has 0 amide bonds. The summed E-state index contributed by atoms with van der Waals surface area (Å²) in [6.45, 7) is 1.63. The molecule has 2 aromatic rings. The van der Waals surface area contributed by atoms with E-state index in [9.17, 15) is 4.79 Å². The van der Waals surface area contributed by atoms with Crippen molar-refractivity contribution in [3.8, 4) is 0 Å². The number of aliphatic carboxylic acids is 1. The fraction of sp³-hybridized carbons (Fsp3) is 0.278. The molecule has 0 spiro atoms. The minimum Gasteiger partial charge on any atom is -0.480 e. The molecule has 0 radical (unpaired) electrons. The molecule has 3 heteroatoms. The van der Waals surface area contributed by atoms with Gasteiger partial charge in [0.25, 0.3) is 0 Å². The van der Waals surface area contributed by atoms with Gasteiger partial charge in [-0.1, -0.05) is 60.7 Å². The van der Waals surface area contributed by atoms with E-state index in [1.165, 1.54) is 11.1 Å². The van der Waals surface area contributed by atoms with Crippen LogP contribution < -0.4 is 0 Å². The summed E-state index contributed by atoms with van der Waals surface area (Å²) in [5, 5.41) is 9.04. The fourth-order valence-corrected chi connectivity index (χ4v) is 2.32. The molecule has 2 aromatic carbocycles. The first-order valence-corrected chi connectivity index (χ1v) is 7.26. The van der Waals surface area contributed by atoms with Gasteiger partial charge < -0.3 is 5.11 Å². The van der Waals surface area contributed by atoms with Gasteiger partial charge in [-0.25, -0.2) is 0 Å². The van der Waals surface area contributed by atoms with Crippen LogP contribution in [0.15, 0.2) is 60.7 Å². The maximum absolute atomic E-state index is 11.0. The molecule has 0 aliphatic rings. The molecule has 0 aliphatic carbocycles. The Morgan fingerprint density at radius 1 is 0.810 bits per heavy atom. The number of carboxylic acids is 1. The number of nitrogens with zero attached hydrogens (tertiary/aromatic N) is 1. The second-order valence-corrected chi connectivity index (χ2v) is 5.14. The highest BCUT2D eigenvalue weighted by Crippen LogP contribution is 2.04. The maximum atomic E-state index is 11.0. The van der Waals surface area contributed by atoms with Crippen LogP contribution in [0.4, 0.5) is 0 Å². The number of benzene rings is 2. The van der Waals surface area contributed by atoms with E-state index < -0.39 is 5.97 Å². The molecule has 0 saturated carbocycles. The monoisotopic (exact) mass is 283 g/mol. The van der Waals surface area contributed by atoms with Crippen molar-refractivity contribution in [2.45, 2.75) is 12.8 Å². The van der Waals surface area contributed by atoms with E-state index >= 15 is 0 Å². The Labute approximate surface area is 125 Å². The zero-order valence-corrected chi connectivity index (χ0v) is 12.1. The van der Waals surface area contributed by atoms with Gasteiger partial charge in [-0.15, -0.1) is 0 Å². The predicted octanol–water partition coefficient (Wildman–Crippen LogP) is 2.86. The minimum atomic E-state index is -0.767. The van der Waals surface area contributed by atoms with Crippen molar-refractivity contribution in [1.82, 2.24) is 4.90 Å². The first-order valence-electron chi connectivity index (χ1n) is 7.26. The normalized spacial score (nSPS) is 10.7. The Bertz CT molecular complexity index is 496. The number of carbonyl (C=O) groups is 1. The van der Waals surface area contributed by atoms with Crippen LogP contribution in [0.1, 0.15) is 11.1 Å². The zero-order valence-electron chi connectivity index (χ0n) is 12.1. The first-order chi connectivity index (χ1) is 10.2. The second kappa shape index (κ2) is 8.22. The largest absolute Gasteiger partial charge is 0.480 e. The van der Waals surface area contributed by atoms with Crippen molar-refractivity contribution >= 4 is 5.97 Å². The number of carboxylic acid groups (broad SMARTS) is 1. The van der Waals surface area contributed by atoms with Crippen LogP contribution in [0.25, 0.3) is 0 Å². The maximum Gasteiger partial charge on any atom is 0.317 e. The molecule has 0 saturated heterocycles. The average molecular weight is 283 g/mol. The summed E-state index contributed by atoms with van der Waals surface area (Å²) in [4.78, 5) is 13.0. The molecular formula is C18H21NO2. The molecular weight excluding hydrogens is 262 g/mol. The van der Waals surface area contributed by atoms with Gasteiger partial charge in [-0.2, -0.15) is 0 Å². The lowest BCUT2D eigenvalue weighted by molar-refractivity contribution is -0.138. The SMILES string of the molecule is O=C(O)CN(CCc1ccccc1)CCc1ccccc1. The van der Waals surface area contributed by atoms with E-state index in [0.717, 1.165) is 25.9 Å². The van der Waals surface area contributed by atoms with E-state index in [0.29, 0.717) is 0 Å². The zero-order chi connectivity index (χ0) is 14.9. The summed E-state index contributed by atoms with van der Waals surface area (Å²) < 4.78 is 0. The Balaban J connectivity index is 1.87. The summed E-state index contributed by atoms with van der Waals surface area (Å²) in [5.74, 6) is -0.767. The first kappa shape index (κ1) is 15.3. The number of hydrogen-bond donors (Lipinski definition) is 1. The Hall–Kier alpha value is -2.13. The fourth-order valence-electron chi connectivity index (χ4n) is 2.32. The number of hydrogen-bond acceptors (Lipinski definition) is 2. The molecule has 0 aliphatic heterocycles. The minimum absolute atomic E-state index is 0.0969. The Kier molecular flexibility index (Phi) is 5.98. The van der Waals surface area contributed by atoms with Crippen LogP contribution in [0.5, 0.6) is 0 Å². The summed E-state index contributed by atoms with van der Waals surface area (Å²) in [5.41, 5.74) is 2.49. The van der Waals surface area contributed by atoms with E-state index in [1.807, 2.05) is 41.3 Å². The van der Waals surface area contributed by atoms with Crippen LogP contribution in [0.3, 0.4) is 0 Å². The molecule has 0 heterocycles. The highest BCUT2D eigenvalue weighted by Gasteiger charge is 2.09. The summed E-state index contributed by atoms with van der Waals surface area (Å²) >= 11 is 0. The highest BCUT2D eigenvalue weighted by atomic mass is 16.4. The van der Waals surface area contributed by atoms with Gasteiger partial charge >= 0.3 is 5.97 Å². The third-order valence-corrected chi connectivity index (χ3v) is 3.48. The van der Waals surface area contributed by atoms with Gasteiger partial charge in [0, 0.05) is 13.1 Å². The van der Waals surface area contributed by atoms with Gasteiger partial charge in [-0.05, 0) is 24.0 Å². The molecule has 3 nitrogen and oxygen atoms in total. The lowest BCUT2D eigenvalue weighted by Crippen LogP contribution is -2.33. The van der Waals surface area contributed by atoms with Crippen molar-refractivity contribution < 1.29 is 9.90 Å². The van der Waals surface area contributed by atoms with E-state index in [1.54, 1.807) is 0 Å². The quantitative estimate of drug-likeness (QED) is 0.810. The topological polar surface area (TPSA) is 40.5 Å². The molecule has 0 fully saturated rings. The van der Waals surface area contributed by atoms with Crippen LogP contribution >= 0.6 is 0 Å². The van der Waals surface area contributed by atoms with E-state index in [2.05, 4.69) is 24.3 Å². The van der Waals surface area contributed by atoms with Gasteiger partial charge in [0.2, 0.25) is 0 Å². The van der Waals surface area contributed by atoms with E-state index in [4.69, 9.17) is 5.11 Å². The van der Waals surface area contributed by atoms with Crippen LogP contribution in [-0.4, -0.2) is 35.6 Å². The molecule has 0 bridgehead atoms. The van der Waals surface area contributed by atoms with Gasteiger partial charge in [0.15, 0.2) is 0 Å². The van der Waals surface area contributed by atoms with Gasteiger partial charge in [0.1, 0.15) is 0 Å². The average Bonchev–Trinajstić information content (AvgIpc) is 2.51. The Morgan fingerprint density at radius 2 is 1.24 bits per heavy atom. The third-order valence-electron chi connectivity index (χ3n) is 3.48. The van der Waals surface area contributed by atoms with E-state index in [-0.39, 0.29) is 6.54 Å². The molecule has 0 aromatic heterocycles. The summed E-state index contributed by atoms with van der Waals surface area (Å²) in [6, 6.07) is 20.4. The highest BCUT2D eigenvalue weighted by molar-refractivity contribution is 5.69.